The maximum absolute atomic E-state index is 11.6. The maximum atomic E-state index is 11.6. The van der Waals surface area contributed by atoms with Crippen molar-refractivity contribution in [2.45, 2.75) is 20.3 Å². The molecule has 0 bridgehead atoms. The van der Waals surface area contributed by atoms with Crippen molar-refractivity contribution in [1.29, 1.82) is 0 Å². The van der Waals surface area contributed by atoms with E-state index in [2.05, 4.69) is 10.1 Å². The number of aromatic amines is 1. The minimum absolute atomic E-state index is 0.218. The fourth-order valence-corrected chi connectivity index (χ4v) is 1.62. The first-order chi connectivity index (χ1) is 7.17. The number of hydrogen-bond donors (Lipinski definition) is 1. The van der Waals surface area contributed by atoms with Crippen LogP contribution in [0, 0.1) is 6.92 Å². The molecule has 0 amide bonds. The van der Waals surface area contributed by atoms with Crippen LogP contribution in [0.15, 0.2) is 10.9 Å². The molecule has 2 aromatic rings. The van der Waals surface area contributed by atoms with Crippen LogP contribution >= 0.6 is 0 Å². The SMILES string of the molecule is CCc1cc2[nH]c(=O)c(OC)c(C)n2n1. The molecule has 2 rings (SSSR count). The Kier molecular flexibility index (Phi) is 2.22. The molecule has 2 heterocycles. The molecular weight excluding hydrogens is 194 g/mol. The summed E-state index contributed by atoms with van der Waals surface area (Å²) in [6.07, 6.45) is 0.839. The van der Waals surface area contributed by atoms with E-state index >= 15 is 0 Å². The van der Waals surface area contributed by atoms with Gasteiger partial charge in [0.2, 0.25) is 5.75 Å². The van der Waals surface area contributed by atoms with E-state index in [-0.39, 0.29) is 5.56 Å². The van der Waals surface area contributed by atoms with E-state index in [4.69, 9.17) is 4.74 Å². The van der Waals surface area contributed by atoms with Gasteiger partial charge in [-0.15, -0.1) is 0 Å². The van der Waals surface area contributed by atoms with Gasteiger partial charge in [-0.3, -0.25) is 4.79 Å². The molecular formula is C10H13N3O2. The highest BCUT2D eigenvalue weighted by molar-refractivity contribution is 5.43. The second kappa shape index (κ2) is 3.42. The molecule has 15 heavy (non-hydrogen) atoms. The average Bonchev–Trinajstić information content (AvgIpc) is 2.61. The Hall–Kier alpha value is -1.78. The van der Waals surface area contributed by atoms with Crippen LogP contribution in [-0.4, -0.2) is 21.7 Å². The van der Waals surface area contributed by atoms with Crippen LogP contribution in [0.3, 0.4) is 0 Å². The minimum atomic E-state index is -0.218. The van der Waals surface area contributed by atoms with Crippen LogP contribution in [0.1, 0.15) is 18.3 Å². The van der Waals surface area contributed by atoms with Crippen molar-refractivity contribution in [3.8, 4) is 5.75 Å². The number of fused-ring (bicyclic) bond motifs is 1. The Morgan fingerprint density at radius 2 is 2.33 bits per heavy atom. The smallest absolute Gasteiger partial charge is 0.293 e. The number of methoxy groups -OCH3 is 1. The van der Waals surface area contributed by atoms with Crippen molar-refractivity contribution in [3.63, 3.8) is 0 Å². The van der Waals surface area contributed by atoms with Gasteiger partial charge in [-0.05, 0) is 13.3 Å². The number of rotatable bonds is 2. The zero-order valence-electron chi connectivity index (χ0n) is 9.00. The van der Waals surface area contributed by atoms with E-state index in [1.807, 2.05) is 19.9 Å². The fraction of sp³-hybridized carbons (Fsp3) is 0.400. The molecule has 0 aromatic carbocycles. The van der Waals surface area contributed by atoms with Crippen LogP contribution in [-0.2, 0) is 6.42 Å². The summed E-state index contributed by atoms with van der Waals surface area (Å²) >= 11 is 0. The summed E-state index contributed by atoms with van der Waals surface area (Å²) in [5.41, 5.74) is 2.15. The number of nitrogens with one attached hydrogen (secondary N) is 1. The Bertz CT molecular complexity index is 554. The normalized spacial score (nSPS) is 10.9. The van der Waals surface area contributed by atoms with Gasteiger partial charge in [0, 0.05) is 6.07 Å². The van der Waals surface area contributed by atoms with Crippen molar-refractivity contribution in [3.05, 3.63) is 27.8 Å². The summed E-state index contributed by atoms with van der Waals surface area (Å²) in [5.74, 6) is 0.313. The van der Waals surface area contributed by atoms with Gasteiger partial charge in [0.05, 0.1) is 18.5 Å². The summed E-state index contributed by atoms with van der Waals surface area (Å²) in [7, 11) is 1.48. The molecule has 80 valence electrons. The largest absolute Gasteiger partial charge is 0.490 e. The summed E-state index contributed by atoms with van der Waals surface area (Å²) in [4.78, 5) is 14.3. The maximum Gasteiger partial charge on any atom is 0.293 e. The van der Waals surface area contributed by atoms with Gasteiger partial charge in [-0.2, -0.15) is 5.10 Å². The summed E-state index contributed by atoms with van der Waals surface area (Å²) < 4.78 is 6.72. The summed E-state index contributed by atoms with van der Waals surface area (Å²) in [6.45, 7) is 3.83. The Balaban J connectivity index is 2.82. The third kappa shape index (κ3) is 1.40. The molecule has 2 aromatic heterocycles. The molecule has 0 saturated heterocycles. The van der Waals surface area contributed by atoms with Crippen molar-refractivity contribution < 1.29 is 4.74 Å². The molecule has 5 heteroatoms. The molecule has 0 unspecified atom stereocenters. The van der Waals surface area contributed by atoms with Gasteiger partial charge in [0.1, 0.15) is 5.65 Å². The molecule has 0 aliphatic rings. The van der Waals surface area contributed by atoms with E-state index in [9.17, 15) is 4.79 Å². The predicted molar refractivity (Wildman–Crippen MR) is 56.5 cm³/mol. The summed E-state index contributed by atoms with van der Waals surface area (Å²) in [5, 5.41) is 4.35. The van der Waals surface area contributed by atoms with Crippen LogP contribution in [0.4, 0.5) is 0 Å². The van der Waals surface area contributed by atoms with Crippen molar-refractivity contribution in [1.82, 2.24) is 14.6 Å². The van der Waals surface area contributed by atoms with Gasteiger partial charge in [-0.1, -0.05) is 6.92 Å². The van der Waals surface area contributed by atoms with Crippen LogP contribution < -0.4 is 10.3 Å². The van der Waals surface area contributed by atoms with Crippen LogP contribution in [0.5, 0.6) is 5.75 Å². The van der Waals surface area contributed by atoms with E-state index in [1.54, 1.807) is 4.52 Å². The van der Waals surface area contributed by atoms with Crippen molar-refractivity contribution >= 4 is 5.65 Å². The lowest BCUT2D eigenvalue weighted by Crippen LogP contribution is -2.14. The molecule has 0 atom stereocenters. The zero-order valence-corrected chi connectivity index (χ0v) is 9.00. The van der Waals surface area contributed by atoms with E-state index in [0.29, 0.717) is 11.4 Å². The predicted octanol–water partition coefficient (Wildman–Crippen LogP) is 0.902. The number of aryl methyl sites for hydroxylation is 2. The van der Waals surface area contributed by atoms with Crippen LogP contribution in [0.25, 0.3) is 5.65 Å². The van der Waals surface area contributed by atoms with E-state index in [0.717, 1.165) is 17.8 Å². The first kappa shape index (κ1) is 9.76. The number of hydrogen-bond acceptors (Lipinski definition) is 3. The molecule has 0 aliphatic carbocycles. The highest BCUT2D eigenvalue weighted by Crippen LogP contribution is 2.13. The first-order valence-electron chi connectivity index (χ1n) is 4.83. The molecule has 1 N–H and O–H groups in total. The molecule has 0 spiro atoms. The first-order valence-corrected chi connectivity index (χ1v) is 4.83. The minimum Gasteiger partial charge on any atom is -0.490 e. The van der Waals surface area contributed by atoms with Gasteiger partial charge < -0.3 is 9.72 Å². The highest BCUT2D eigenvalue weighted by Gasteiger charge is 2.10. The molecule has 0 aliphatic heterocycles. The summed E-state index contributed by atoms with van der Waals surface area (Å²) in [6, 6.07) is 1.87. The Labute approximate surface area is 86.7 Å². The monoisotopic (exact) mass is 207 g/mol. The number of aromatic nitrogens is 3. The average molecular weight is 207 g/mol. The fourth-order valence-electron chi connectivity index (χ4n) is 1.62. The lowest BCUT2D eigenvalue weighted by molar-refractivity contribution is 0.400. The zero-order chi connectivity index (χ0) is 11.0. The standard InChI is InChI=1S/C10H13N3O2/c1-4-7-5-8-11-10(14)9(15-3)6(2)13(8)12-7/h5H,4H2,1-3H3,(H,11,14). The van der Waals surface area contributed by atoms with Gasteiger partial charge >= 0.3 is 0 Å². The number of nitrogens with zero attached hydrogens (tertiary/aromatic N) is 2. The lowest BCUT2D eigenvalue weighted by Gasteiger charge is -2.04. The Morgan fingerprint density at radius 1 is 1.60 bits per heavy atom. The lowest BCUT2D eigenvalue weighted by atomic mass is 10.3. The van der Waals surface area contributed by atoms with Gasteiger partial charge in [-0.25, -0.2) is 4.52 Å². The number of H-pyrrole nitrogens is 1. The number of ether oxygens (including phenoxy) is 1. The quantitative estimate of drug-likeness (QED) is 0.796. The third-order valence-corrected chi connectivity index (χ3v) is 2.42. The molecule has 0 fully saturated rings. The molecule has 5 nitrogen and oxygen atoms in total. The van der Waals surface area contributed by atoms with E-state index < -0.39 is 0 Å². The topological polar surface area (TPSA) is 59.4 Å². The second-order valence-corrected chi connectivity index (χ2v) is 3.36. The van der Waals surface area contributed by atoms with Crippen LogP contribution in [0.2, 0.25) is 0 Å². The highest BCUT2D eigenvalue weighted by atomic mass is 16.5. The van der Waals surface area contributed by atoms with Gasteiger partial charge in [0.25, 0.3) is 5.56 Å². The molecule has 0 saturated carbocycles. The van der Waals surface area contributed by atoms with Gasteiger partial charge in [0.15, 0.2) is 0 Å². The van der Waals surface area contributed by atoms with Crippen molar-refractivity contribution in [2.24, 2.45) is 0 Å². The second-order valence-electron chi connectivity index (χ2n) is 3.36. The third-order valence-electron chi connectivity index (χ3n) is 2.42. The van der Waals surface area contributed by atoms with E-state index in [1.165, 1.54) is 7.11 Å². The van der Waals surface area contributed by atoms with Crippen molar-refractivity contribution in [2.75, 3.05) is 7.11 Å². The molecule has 0 radical (unpaired) electrons. The Morgan fingerprint density at radius 3 is 2.93 bits per heavy atom.